The zero-order valence-electron chi connectivity index (χ0n) is 31.6. The minimum Gasteiger partial charge on any atom is -0.455 e. The Morgan fingerprint density at radius 3 is 1.08 bits per heavy atom. The van der Waals surface area contributed by atoms with Crippen molar-refractivity contribution in [3.8, 4) is 0 Å². The molecular weight excluding hydrogens is 620 g/mol. The van der Waals surface area contributed by atoms with E-state index in [0.29, 0.717) is 60.9 Å². The van der Waals surface area contributed by atoms with Gasteiger partial charge < -0.3 is 33.2 Å². The number of hydrogen-bond acceptors (Lipinski definition) is 8. The van der Waals surface area contributed by atoms with E-state index in [1.807, 2.05) is 0 Å². The van der Waals surface area contributed by atoms with E-state index in [-0.39, 0.29) is 5.97 Å². The summed E-state index contributed by atoms with van der Waals surface area (Å²) in [5.41, 5.74) is -0.445. The van der Waals surface area contributed by atoms with E-state index in [2.05, 4.69) is 27.4 Å². The van der Waals surface area contributed by atoms with Gasteiger partial charge in [0.2, 0.25) is 0 Å². The van der Waals surface area contributed by atoms with Crippen LogP contribution in [0.2, 0.25) is 0 Å². The molecule has 7 fully saturated rings. The maximum atomic E-state index is 13.2. The van der Waals surface area contributed by atoms with Gasteiger partial charge in [-0.3, -0.25) is 0 Å². The average molecular weight is 689 g/mol. The van der Waals surface area contributed by atoms with Crippen LogP contribution in [0.4, 0.5) is 0 Å². The number of carbonyl (C=O) groups is 1. The SMILES string of the molecule is C=C(C)C(=O)OC12CC3(OCCCCC4(CC)COC4)CC(OCCCCC4(CC)COC4)(CC(OCCCCC4(CC)COC4)(C3)C1)C2. The van der Waals surface area contributed by atoms with Gasteiger partial charge >= 0.3 is 5.97 Å². The van der Waals surface area contributed by atoms with Crippen molar-refractivity contribution in [2.45, 2.75) is 166 Å². The van der Waals surface area contributed by atoms with Crippen molar-refractivity contribution in [1.29, 1.82) is 0 Å². The number of rotatable bonds is 23. The highest BCUT2D eigenvalue weighted by Gasteiger charge is 2.72. The summed E-state index contributed by atoms with van der Waals surface area (Å²) in [6.07, 6.45) is 18.2. The van der Waals surface area contributed by atoms with E-state index < -0.39 is 22.4 Å². The van der Waals surface area contributed by atoms with E-state index in [1.165, 1.54) is 38.5 Å². The first-order valence-corrected chi connectivity index (χ1v) is 20.0. The van der Waals surface area contributed by atoms with E-state index >= 15 is 0 Å². The Labute approximate surface area is 297 Å². The Bertz CT molecular complexity index is 995. The van der Waals surface area contributed by atoms with E-state index in [0.717, 1.165) is 97.4 Å². The van der Waals surface area contributed by atoms with Crippen molar-refractivity contribution in [1.82, 2.24) is 0 Å². The lowest BCUT2D eigenvalue weighted by atomic mass is 9.48. The monoisotopic (exact) mass is 688 g/mol. The average Bonchev–Trinajstić information content (AvgIpc) is 2.99. The fraction of sp³-hybridized carbons (Fsp3) is 0.927. The molecule has 8 heteroatoms. The van der Waals surface area contributed by atoms with E-state index in [1.54, 1.807) is 6.92 Å². The smallest absolute Gasteiger partial charge is 0.333 e. The maximum absolute atomic E-state index is 13.2. The third-order valence-corrected chi connectivity index (χ3v) is 13.8. The fourth-order valence-corrected chi connectivity index (χ4v) is 10.5. The molecule has 8 nitrogen and oxygen atoms in total. The quantitative estimate of drug-likeness (QED) is 0.0603. The van der Waals surface area contributed by atoms with Crippen LogP contribution in [-0.2, 0) is 38.0 Å². The summed E-state index contributed by atoms with van der Waals surface area (Å²) in [7, 11) is 0. The highest BCUT2D eigenvalue weighted by Crippen LogP contribution is 2.65. The second-order valence-electron chi connectivity index (χ2n) is 17.9. The van der Waals surface area contributed by atoms with E-state index in [9.17, 15) is 4.79 Å². The molecule has 3 heterocycles. The molecule has 0 aromatic carbocycles. The van der Waals surface area contributed by atoms with Crippen LogP contribution >= 0.6 is 0 Å². The molecule has 0 amide bonds. The van der Waals surface area contributed by atoms with Crippen molar-refractivity contribution in [3.05, 3.63) is 12.2 Å². The molecule has 0 aromatic rings. The largest absolute Gasteiger partial charge is 0.455 e. The molecule has 7 rings (SSSR count). The van der Waals surface area contributed by atoms with Crippen LogP contribution in [0.15, 0.2) is 12.2 Å². The van der Waals surface area contributed by atoms with Crippen LogP contribution in [-0.4, -0.2) is 87.8 Å². The molecule has 3 saturated heterocycles. The Balaban J connectivity index is 1.14. The number of carbonyl (C=O) groups excluding carboxylic acids is 1. The second-order valence-corrected chi connectivity index (χ2v) is 17.9. The van der Waals surface area contributed by atoms with Crippen LogP contribution in [0.5, 0.6) is 0 Å². The Hall–Kier alpha value is -1.03. The zero-order chi connectivity index (χ0) is 34.7. The lowest BCUT2D eigenvalue weighted by Crippen LogP contribution is -2.74. The molecular formula is C41H68O8. The van der Waals surface area contributed by atoms with Gasteiger partial charge in [0, 0.05) is 80.2 Å². The van der Waals surface area contributed by atoms with Crippen LogP contribution in [0, 0.1) is 16.2 Å². The third kappa shape index (κ3) is 8.30. The molecule has 0 aromatic heterocycles. The Morgan fingerprint density at radius 1 is 0.531 bits per heavy atom. The first-order chi connectivity index (χ1) is 23.5. The lowest BCUT2D eigenvalue weighted by Gasteiger charge is -2.68. The molecule has 4 bridgehead atoms. The maximum Gasteiger partial charge on any atom is 0.333 e. The molecule has 0 unspecified atom stereocenters. The van der Waals surface area contributed by atoms with Crippen LogP contribution in [0.1, 0.15) is 143 Å². The van der Waals surface area contributed by atoms with Crippen molar-refractivity contribution in [3.63, 3.8) is 0 Å². The normalized spacial score (nSPS) is 34.5. The number of hydrogen-bond donors (Lipinski definition) is 0. The molecule has 0 radical (unpaired) electrons. The predicted octanol–water partition coefficient (Wildman–Crippen LogP) is 8.28. The van der Waals surface area contributed by atoms with Gasteiger partial charge in [-0.1, -0.05) is 46.6 Å². The molecule has 49 heavy (non-hydrogen) atoms. The van der Waals surface area contributed by atoms with Gasteiger partial charge in [-0.2, -0.15) is 0 Å². The van der Waals surface area contributed by atoms with Gasteiger partial charge in [0.15, 0.2) is 0 Å². The summed E-state index contributed by atoms with van der Waals surface area (Å²) in [5.74, 6) is -0.310. The summed E-state index contributed by atoms with van der Waals surface area (Å²) in [4.78, 5) is 13.2. The summed E-state index contributed by atoms with van der Waals surface area (Å²) in [5, 5.41) is 0. The van der Waals surface area contributed by atoms with Gasteiger partial charge in [0.1, 0.15) is 5.60 Å². The van der Waals surface area contributed by atoms with Crippen molar-refractivity contribution < 1.29 is 38.0 Å². The molecule has 0 atom stereocenters. The molecule has 3 aliphatic heterocycles. The van der Waals surface area contributed by atoms with Gasteiger partial charge in [-0.25, -0.2) is 4.79 Å². The van der Waals surface area contributed by atoms with Crippen LogP contribution in [0.25, 0.3) is 0 Å². The number of ether oxygens (including phenoxy) is 7. The van der Waals surface area contributed by atoms with Crippen molar-refractivity contribution >= 4 is 5.97 Å². The summed E-state index contributed by atoms with van der Waals surface area (Å²) in [6, 6.07) is 0. The van der Waals surface area contributed by atoms with Crippen LogP contribution < -0.4 is 0 Å². The van der Waals surface area contributed by atoms with Gasteiger partial charge in [-0.05, 0) is 64.7 Å². The predicted molar refractivity (Wildman–Crippen MR) is 190 cm³/mol. The Kier molecular flexibility index (Phi) is 11.7. The highest BCUT2D eigenvalue weighted by molar-refractivity contribution is 5.87. The second kappa shape index (κ2) is 15.1. The topological polar surface area (TPSA) is 81.7 Å². The third-order valence-electron chi connectivity index (χ3n) is 13.8. The Morgan fingerprint density at radius 2 is 0.837 bits per heavy atom. The molecule has 7 aliphatic rings. The first kappa shape index (κ1) is 37.7. The number of esters is 1. The standard InChI is InChI=1S/C41H68O8/c1-6-35(27-43-28-35)15-9-12-18-46-38-21-39(47-19-13-10-16-36(7-2)29-44-30-36)23-40(22-38,26-41(24-38,25-39)49-34(42)33(4)5)48-20-14-11-17-37(8-3)31-45-32-37/h4,6-32H2,1-3,5H3. The highest BCUT2D eigenvalue weighted by atomic mass is 16.6. The van der Waals surface area contributed by atoms with Gasteiger partial charge in [-0.15, -0.1) is 0 Å². The molecule has 4 aliphatic carbocycles. The number of unbranched alkanes of at least 4 members (excludes halogenated alkanes) is 3. The van der Waals surface area contributed by atoms with Crippen molar-refractivity contribution in [2.75, 3.05) is 59.5 Å². The van der Waals surface area contributed by atoms with Crippen LogP contribution in [0.3, 0.4) is 0 Å². The molecule has 0 N–H and O–H groups in total. The molecule has 280 valence electrons. The minimum atomic E-state index is -0.675. The van der Waals surface area contributed by atoms with Gasteiger partial charge in [0.25, 0.3) is 0 Å². The summed E-state index contributed by atoms with van der Waals surface area (Å²) in [6.45, 7) is 20.0. The van der Waals surface area contributed by atoms with E-state index in [4.69, 9.17) is 33.2 Å². The summed E-state index contributed by atoms with van der Waals surface area (Å²) >= 11 is 0. The first-order valence-electron chi connectivity index (χ1n) is 20.0. The summed E-state index contributed by atoms with van der Waals surface area (Å²) < 4.78 is 44.3. The minimum absolute atomic E-state index is 0.310. The molecule has 0 spiro atoms. The molecule has 4 saturated carbocycles. The van der Waals surface area contributed by atoms with Crippen molar-refractivity contribution in [2.24, 2.45) is 16.2 Å². The van der Waals surface area contributed by atoms with Gasteiger partial charge in [0.05, 0.1) is 56.4 Å². The lowest BCUT2D eigenvalue weighted by molar-refractivity contribution is -0.327. The fourth-order valence-electron chi connectivity index (χ4n) is 10.5. The zero-order valence-corrected chi connectivity index (χ0v) is 31.6.